The third kappa shape index (κ3) is 4.21. The lowest BCUT2D eigenvalue weighted by atomic mass is 10.2. The number of aromatic nitrogens is 1. The van der Waals surface area contributed by atoms with Gasteiger partial charge in [-0.3, -0.25) is 4.79 Å². The second-order valence-corrected chi connectivity index (χ2v) is 7.18. The molecule has 128 valence electrons. The molecule has 0 radical (unpaired) electrons. The van der Waals surface area contributed by atoms with Crippen molar-refractivity contribution in [3.05, 3.63) is 41.4 Å². The number of carbonyl (C=O) groups is 1. The van der Waals surface area contributed by atoms with Crippen LogP contribution in [0.2, 0.25) is 0 Å². The van der Waals surface area contributed by atoms with Gasteiger partial charge in [0.25, 0.3) is 5.91 Å². The molecule has 4 nitrogen and oxygen atoms in total. The second-order valence-electron chi connectivity index (χ2n) is 5.17. The van der Waals surface area contributed by atoms with Gasteiger partial charge in [-0.15, -0.1) is 11.3 Å². The summed E-state index contributed by atoms with van der Waals surface area (Å²) in [5, 5.41) is 2.85. The Morgan fingerprint density at radius 3 is 2.33 bits per heavy atom. The zero-order valence-electron chi connectivity index (χ0n) is 12.5. The van der Waals surface area contributed by atoms with Crippen LogP contribution in [0.5, 0.6) is 0 Å². The highest BCUT2D eigenvalue weighted by atomic mass is 32.2. The number of piperazine rings is 1. The Balaban J connectivity index is 1.59. The predicted octanol–water partition coefficient (Wildman–Crippen LogP) is 3.72. The van der Waals surface area contributed by atoms with E-state index in [1.807, 2.05) is 5.38 Å². The number of rotatable bonds is 3. The van der Waals surface area contributed by atoms with Gasteiger partial charge in [-0.25, -0.2) is 4.98 Å². The number of hydrogen-bond donors (Lipinski definition) is 0. The number of nitrogens with zero attached hydrogens (tertiary/aromatic N) is 3. The number of benzene rings is 1. The van der Waals surface area contributed by atoms with Gasteiger partial charge in [-0.1, -0.05) is 0 Å². The van der Waals surface area contributed by atoms with Gasteiger partial charge in [-0.2, -0.15) is 13.2 Å². The van der Waals surface area contributed by atoms with Crippen molar-refractivity contribution >= 4 is 34.1 Å². The molecule has 1 fully saturated rings. The monoisotopic (exact) mass is 373 g/mol. The Labute approximate surface area is 145 Å². The third-order valence-electron chi connectivity index (χ3n) is 3.59. The van der Waals surface area contributed by atoms with Crippen molar-refractivity contribution in [1.29, 1.82) is 0 Å². The number of thiazole rings is 1. The first kappa shape index (κ1) is 17.1. The summed E-state index contributed by atoms with van der Waals surface area (Å²) >= 11 is 1.38. The van der Waals surface area contributed by atoms with E-state index in [-0.39, 0.29) is 22.6 Å². The van der Waals surface area contributed by atoms with E-state index in [0.29, 0.717) is 31.7 Å². The van der Waals surface area contributed by atoms with Gasteiger partial charge in [0.1, 0.15) is 0 Å². The summed E-state index contributed by atoms with van der Waals surface area (Å²) in [4.78, 5) is 20.6. The SMILES string of the molecule is O=C(c1ccc(SC(F)(F)F)cc1)N1CCN(c2nccs2)CC1. The van der Waals surface area contributed by atoms with Crippen molar-refractivity contribution in [1.82, 2.24) is 9.88 Å². The number of amides is 1. The molecule has 24 heavy (non-hydrogen) atoms. The molecule has 0 unspecified atom stereocenters. The zero-order valence-corrected chi connectivity index (χ0v) is 14.1. The van der Waals surface area contributed by atoms with Crippen LogP contribution in [0.4, 0.5) is 18.3 Å². The van der Waals surface area contributed by atoms with Crippen molar-refractivity contribution in [3.63, 3.8) is 0 Å². The van der Waals surface area contributed by atoms with Gasteiger partial charge in [0, 0.05) is 48.2 Å². The highest BCUT2D eigenvalue weighted by Gasteiger charge is 2.29. The van der Waals surface area contributed by atoms with Gasteiger partial charge in [0.15, 0.2) is 5.13 Å². The van der Waals surface area contributed by atoms with Crippen molar-refractivity contribution in [2.24, 2.45) is 0 Å². The van der Waals surface area contributed by atoms with E-state index >= 15 is 0 Å². The number of carbonyl (C=O) groups excluding carboxylic acids is 1. The third-order valence-corrected chi connectivity index (χ3v) is 5.16. The van der Waals surface area contributed by atoms with Crippen LogP contribution in [-0.4, -0.2) is 47.5 Å². The van der Waals surface area contributed by atoms with E-state index in [2.05, 4.69) is 9.88 Å². The van der Waals surface area contributed by atoms with E-state index in [9.17, 15) is 18.0 Å². The molecule has 1 aliphatic heterocycles. The van der Waals surface area contributed by atoms with Crippen molar-refractivity contribution in [2.75, 3.05) is 31.1 Å². The smallest absolute Gasteiger partial charge is 0.345 e. The average Bonchev–Trinajstić information content (AvgIpc) is 3.08. The predicted molar refractivity (Wildman–Crippen MR) is 88.6 cm³/mol. The van der Waals surface area contributed by atoms with Crippen LogP contribution in [0.1, 0.15) is 10.4 Å². The molecular weight excluding hydrogens is 359 g/mol. The lowest BCUT2D eigenvalue weighted by Gasteiger charge is -2.34. The van der Waals surface area contributed by atoms with Gasteiger partial charge < -0.3 is 9.80 Å². The lowest BCUT2D eigenvalue weighted by Crippen LogP contribution is -2.48. The summed E-state index contributed by atoms with van der Waals surface area (Å²) < 4.78 is 37.0. The van der Waals surface area contributed by atoms with Gasteiger partial charge in [0.2, 0.25) is 0 Å². The van der Waals surface area contributed by atoms with Gasteiger partial charge in [-0.05, 0) is 36.0 Å². The quantitative estimate of drug-likeness (QED) is 0.769. The fourth-order valence-electron chi connectivity index (χ4n) is 2.45. The van der Waals surface area contributed by atoms with Crippen LogP contribution in [0, 0.1) is 0 Å². The topological polar surface area (TPSA) is 36.4 Å². The standard InChI is InChI=1S/C15H14F3N3OS2/c16-15(17,18)24-12-3-1-11(2-4-12)13(22)20-6-8-21(9-7-20)14-19-5-10-23-14/h1-5,10H,6-9H2. The van der Waals surface area contributed by atoms with E-state index in [4.69, 9.17) is 0 Å². The minimum Gasteiger partial charge on any atom is -0.345 e. The molecule has 0 atom stereocenters. The molecule has 0 N–H and O–H groups in total. The first-order valence-electron chi connectivity index (χ1n) is 7.22. The van der Waals surface area contributed by atoms with Crippen LogP contribution in [0.25, 0.3) is 0 Å². The molecule has 1 aliphatic rings. The first-order valence-corrected chi connectivity index (χ1v) is 8.91. The Morgan fingerprint density at radius 1 is 1.12 bits per heavy atom. The van der Waals surface area contributed by atoms with Crippen molar-refractivity contribution < 1.29 is 18.0 Å². The zero-order chi connectivity index (χ0) is 17.2. The van der Waals surface area contributed by atoms with Crippen molar-refractivity contribution in [2.45, 2.75) is 10.4 Å². The first-order chi connectivity index (χ1) is 11.4. The van der Waals surface area contributed by atoms with Crippen LogP contribution < -0.4 is 4.90 Å². The molecule has 1 saturated heterocycles. The number of alkyl halides is 3. The van der Waals surface area contributed by atoms with E-state index in [1.54, 1.807) is 22.4 Å². The molecule has 9 heteroatoms. The Bertz CT molecular complexity index is 681. The molecule has 0 spiro atoms. The number of thioether (sulfide) groups is 1. The fraction of sp³-hybridized carbons (Fsp3) is 0.333. The number of anilines is 1. The molecular formula is C15H14F3N3OS2. The van der Waals surface area contributed by atoms with Crippen molar-refractivity contribution in [3.8, 4) is 0 Å². The molecule has 0 aliphatic carbocycles. The molecule has 0 saturated carbocycles. The molecule has 2 heterocycles. The summed E-state index contributed by atoms with van der Waals surface area (Å²) in [5.74, 6) is -0.155. The molecule has 0 bridgehead atoms. The number of hydrogen-bond acceptors (Lipinski definition) is 5. The maximum Gasteiger partial charge on any atom is 0.446 e. The maximum atomic E-state index is 12.5. The summed E-state index contributed by atoms with van der Waals surface area (Å²) in [7, 11) is 0. The molecule has 2 aromatic rings. The van der Waals surface area contributed by atoms with E-state index < -0.39 is 5.51 Å². The normalized spacial score (nSPS) is 15.6. The largest absolute Gasteiger partial charge is 0.446 e. The Morgan fingerprint density at radius 2 is 1.79 bits per heavy atom. The average molecular weight is 373 g/mol. The molecule has 3 rings (SSSR count). The Kier molecular flexibility index (Phi) is 5.00. The molecule has 1 amide bonds. The number of halogens is 3. The summed E-state index contributed by atoms with van der Waals surface area (Å²) in [6.45, 7) is 2.53. The van der Waals surface area contributed by atoms with Crippen LogP contribution in [-0.2, 0) is 0 Å². The summed E-state index contributed by atoms with van der Waals surface area (Å²) in [6, 6.07) is 5.56. The minimum atomic E-state index is -4.32. The maximum absolute atomic E-state index is 12.5. The molecule has 1 aromatic carbocycles. The summed E-state index contributed by atoms with van der Waals surface area (Å²) in [5.41, 5.74) is -3.92. The fourth-order valence-corrected chi connectivity index (χ4v) is 3.69. The van der Waals surface area contributed by atoms with E-state index in [0.717, 1.165) is 5.13 Å². The highest BCUT2D eigenvalue weighted by Crippen LogP contribution is 2.36. The minimum absolute atomic E-state index is 0.0765. The van der Waals surface area contributed by atoms with Crippen LogP contribution >= 0.6 is 23.1 Å². The second kappa shape index (κ2) is 7.02. The molecule has 1 aromatic heterocycles. The van der Waals surface area contributed by atoms with Gasteiger partial charge >= 0.3 is 5.51 Å². The summed E-state index contributed by atoms with van der Waals surface area (Å²) in [6.07, 6.45) is 1.75. The van der Waals surface area contributed by atoms with Crippen LogP contribution in [0.15, 0.2) is 40.7 Å². The highest BCUT2D eigenvalue weighted by molar-refractivity contribution is 8.00. The van der Waals surface area contributed by atoms with Gasteiger partial charge in [0.05, 0.1) is 0 Å². The Hall–Kier alpha value is -1.74. The lowest BCUT2D eigenvalue weighted by molar-refractivity contribution is -0.0328. The van der Waals surface area contributed by atoms with E-state index in [1.165, 1.54) is 24.3 Å². The van der Waals surface area contributed by atoms with Crippen LogP contribution in [0.3, 0.4) is 0 Å².